The average molecular weight is 309 g/mol. The van der Waals surface area contributed by atoms with E-state index in [0.717, 1.165) is 15.6 Å². The van der Waals surface area contributed by atoms with Gasteiger partial charge in [0.05, 0.1) is 5.60 Å². The first kappa shape index (κ1) is 13.2. The molecular weight excluding hydrogens is 295 g/mol. The molecule has 0 aliphatic rings. The predicted octanol–water partition coefficient (Wildman–Crippen LogP) is 4.04. The second-order valence-electron chi connectivity index (χ2n) is 4.56. The fraction of sp³-hybridized carbons (Fsp3) is 0.200. The van der Waals surface area contributed by atoms with Crippen molar-refractivity contribution in [2.24, 2.45) is 0 Å². The number of hydrogen-bond acceptors (Lipinski definition) is 1. The third-order valence-electron chi connectivity index (χ3n) is 2.92. The first-order valence-electron chi connectivity index (χ1n) is 5.71. The Morgan fingerprint density at radius 2 is 1.72 bits per heavy atom. The summed E-state index contributed by atoms with van der Waals surface area (Å²) in [5, 5.41) is 10.6. The van der Waals surface area contributed by atoms with Crippen LogP contribution in [0.25, 0.3) is 0 Å². The topological polar surface area (TPSA) is 20.2 Å². The maximum absolute atomic E-state index is 12.8. The summed E-state index contributed by atoms with van der Waals surface area (Å²) in [4.78, 5) is 0. The molecule has 0 spiro atoms. The van der Waals surface area contributed by atoms with Gasteiger partial charge in [-0.05, 0) is 36.2 Å². The lowest BCUT2D eigenvalue weighted by atomic mass is 9.89. The van der Waals surface area contributed by atoms with E-state index >= 15 is 0 Å². The molecule has 94 valence electrons. The van der Waals surface area contributed by atoms with Crippen LogP contribution in [0, 0.1) is 5.82 Å². The molecule has 2 rings (SSSR count). The van der Waals surface area contributed by atoms with Crippen LogP contribution < -0.4 is 0 Å². The molecule has 0 amide bonds. The predicted molar refractivity (Wildman–Crippen MR) is 73.8 cm³/mol. The first-order valence-corrected chi connectivity index (χ1v) is 6.50. The number of halogens is 2. The smallest absolute Gasteiger partial charge is 0.123 e. The Morgan fingerprint density at radius 1 is 1.11 bits per heavy atom. The maximum Gasteiger partial charge on any atom is 0.123 e. The van der Waals surface area contributed by atoms with Crippen LogP contribution in [0.1, 0.15) is 18.1 Å². The maximum atomic E-state index is 12.8. The molecule has 0 heterocycles. The second-order valence-corrected chi connectivity index (χ2v) is 5.41. The zero-order chi connectivity index (χ0) is 13.2. The van der Waals surface area contributed by atoms with Gasteiger partial charge in [0.2, 0.25) is 0 Å². The highest BCUT2D eigenvalue weighted by molar-refractivity contribution is 9.10. The lowest BCUT2D eigenvalue weighted by Gasteiger charge is -2.25. The Bertz CT molecular complexity index is 534. The van der Waals surface area contributed by atoms with Crippen LogP contribution in [-0.4, -0.2) is 5.11 Å². The summed E-state index contributed by atoms with van der Waals surface area (Å²) in [6.45, 7) is 1.76. The van der Waals surface area contributed by atoms with Gasteiger partial charge in [0, 0.05) is 10.9 Å². The summed E-state index contributed by atoms with van der Waals surface area (Å²) in [5.41, 5.74) is 0.740. The Labute approximate surface area is 114 Å². The van der Waals surface area contributed by atoms with Crippen LogP contribution in [-0.2, 0) is 12.0 Å². The molecule has 0 radical (unpaired) electrons. The van der Waals surface area contributed by atoms with Crippen LogP contribution in [0.2, 0.25) is 0 Å². The highest BCUT2D eigenvalue weighted by atomic mass is 79.9. The fourth-order valence-corrected chi connectivity index (χ4v) is 2.70. The van der Waals surface area contributed by atoms with E-state index in [2.05, 4.69) is 15.9 Å². The molecule has 2 aromatic carbocycles. The van der Waals surface area contributed by atoms with Crippen molar-refractivity contribution in [2.75, 3.05) is 0 Å². The Kier molecular flexibility index (Phi) is 3.83. The largest absolute Gasteiger partial charge is 0.385 e. The highest BCUT2D eigenvalue weighted by Crippen LogP contribution is 2.31. The summed E-state index contributed by atoms with van der Waals surface area (Å²) in [6.07, 6.45) is 0.440. The van der Waals surface area contributed by atoms with Gasteiger partial charge in [-0.2, -0.15) is 0 Å². The summed E-state index contributed by atoms with van der Waals surface area (Å²) in [5.74, 6) is -0.265. The van der Waals surface area contributed by atoms with Crippen LogP contribution in [0.3, 0.4) is 0 Å². The Hall–Kier alpha value is -1.19. The van der Waals surface area contributed by atoms with E-state index in [9.17, 15) is 9.50 Å². The van der Waals surface area contributed by atoms with Gasteiger partial charge in [-0.15, -0.1) is 0 Å². The van der Waals surface area contributed by atoms with Gasteiger partial charge in [0.1, 0.15) is 5.82 Å². The van der Waals surface area contributed by atoms with Crippen molar-refractivity contribution in [1.82, 2.24) is 0 Å². The fourth-order valence-electron chi connectivity index (χ4n) is 1.99. The van der Waals surface area contributed by atoms with Gasteiger partial charge < -0.3 is 5.11 Å². The SMILES string of the molecule is CC(O)(Cc1ccc(F)cc1)c1ccccc1Br. The van der Waals surface area contributed by atoms with Gasteiger partial charge in [-0.1, -0.05) is 46.3 Å². The zero-order valence-electron chi connectivity index (χ0n) is 10.0. The summed E-state index contributed by atoms with van der Waals surface area (Å²) >= 11 is 3.44. The van der Waals surface area contributed by atoms with E-state index in [1.54, 1.807) is 19.1 Å². The molecule has 0 saturated heterocycles. The van der Waals surface area contributed by atoms with Gasteiger partial charge >= 0.3 is 0 Å². The summed E-state index contributed by atoms with van der Waals surface area (Å²) in [6, 6.07) is 13.8. The molecule has 1 N–H and O–H groups in total. The molecule has 18 heavy (non-hydrogen) atoms. The van der Waals surface area contributed by atoms with Crippen LogP contribution in [0.4, 0.5) is 4.39 Å². The Balaban J connectivity index is 2.27. The summed E-state index contributed by atoms with van der Waals surface area (Å²) < 4.78 is 13.7. The van der Waals surface area contributed by atoms with Crippen LogP contribution in [0.15, 0.2) is 53.0 Å². The minimum absolute atomic E-state index is 0.265. The van der Waals surface area contributed by atoms with E-state index in [-0.39, 0.29) is 5.82 Å². The number of aliphatic hydroxyl groups is 1. The minimum Gasteiger partial charge on any atom is -0.385 e. The van der Waals surface area contributed by atoms with E-state index in [1.165, 1.54) is 12.1 Å². The normalized spacial score (nSPS) is 14.2. The molecular formula is C15H14BrFO. The van der Waals surface area contributed by atoms with Crippen LogP contribution in [0.5, 0.6) is 0 Å². The lowest BCUT2D eigenvalue weighted by molar-refractivity contribution is 0.0568. The number of rotatable bonds is 3. The first-order chi connectivity index (χ1) is 8.49. The molecule has 1 atom stereocenters. The Morgan fingerprint density at radius 3 is 2.33 bits per heavy atom. The molecule has 1 nitrogen and oxygen atoms in total. The highest BCUT2D eigenvalue weighted by Gasteiger charge is 2.25. The average Bonchev–Trinajstić information content (AvgIpc) is 2.32. The molecule has 0 saturated carbocycles. The minimum atomic E-state index is -0.988. The quantitative estimate of drug-likeness (QED) is 0.907. The molecule has 1 unspecified atom stereocenters. The molecule has 0 fully saturated rings. The molecule has 2 aromatic rings. The molecule has 0 aliphatic carbocycles. The van der Waals surface area contributed by atoms with Gasteiger partial charge in [0.15, 0.2) is 0 Å². The van der Waals surface area contributed by atoms with Crippen molar-refractivity contribution in [3.05, 3.63) is 69.9 Å². The van der Waals surface area contributed by atoms with Crippen molar-refractivity contribution in [3.8, 4) is 0 Å². The van der Waals surface area contributed by atoms with Crippen molar-refractivity contribution < 1.29 is 9.50 Å². The van der Waals surface area contributed by atoms with E-state index in [0.29, 0.717) is 6.42 Å². The monoisotopic (exact) mass is 308 g/mol. The van der Waals surface area contributed by atoms with Crippen molar-refractivity contribution >= 4 is 15.9 Å². The molecule has 3 heteroatoms. The van der Waals surface area contributed by atoms with Crippen molar-refractivity contribution in [3.63, 3.8) is 0 Å². The van der Waals surface area contributed by atoms with Crippen molar-refractivity contribution in [2.45, 2.75) is 18.9 Å². The molecule has 0 aliphatic heterocycles. The second kappa shape index (κ2) is 5.21. The number of hydrogen-bond donors (Lipinski definition) is 1. The third-order valence-corrected chi connectivity index (χ3v) is 3.61. The van der Waals surface area contributed by atoms with E-state index < -0.39 is 5.60 Å². The summed E-state index contributed by atoms with van der Waals surface area (Å²) in [7, 11) is 0. The third kappa shape index (κ3) is 2.98. The van der Waals surface area contributed by atoms with Gasteiger partial charge in [-0.3, -0.25) is 0 Å². The molecule has 0 bridgehead atoms. The standard InChI is InChI=1S/C15H14BrFO/c1-15(18,13-4-2-3-5-14(13)16)10-11-6-8-12(17)9-7-11/h2-9,18H,10H2,1H3. The van der Waals surface area contributed by atoms with Crippen LogP contribution >= 0.6 is 15.9 Å². The van der Waals surface area contributed by atoms with Gasteiger partial charge in [0.25, 0.3) is 0 Å². The lowest BCUT2D eigenvalue weighted by Crippen LogP contribution is -2.24. The van der Waals surface area contributed by atoms with E-state index in [4.69, 9.17) is 0 Å². The van der Waals surface area contributed by atoms with Gasteiger partial charge in [-0.25, -0.2) is 4.39 Å². The van der Waals surface area contributed by atoms with Crippen molar-refractivity contribution in [1.29, 1.82) is 0 Å². The molecule has 0 aromatic heterocycles. The zero-order valence-corrected chi connectivity index (χ0v) is 11.6. The van der Waals surface area contributed by atoms with E-state index in [1.807, 2.05) is 24.3 Å². The number of benzene rings is 2.